The Hall–Kier alpha value is -1.62. The summed E-state index contributed by atoms with van der Waals surface area (Å²) in [5.41, 5.74) is 9.67. The molecule has 6 heteroatoms. The van der Waals surface area contributed by atoms with Gasteiger partial charge in [0.15, 0.2) is 5.84 Å². The largest absolute Gasteiger partial charge is 0.382 e. The van der Waals surface area contributed by atoms with Crippen molar-refractivity contribution < 1.29 is 0 Å². The summed E-state index contributed by atoms with van der Waals surface area (Å²) in [6.45, 7) is 1.99. The van der Waals surface area contributed by atoms with E-state index in [1.54, 1.807) is 6.07 Å². The lowest BCUT2D eigenvalue weighted by molar-refractivity contribution is 1.31. The lowest BCUT2D eigenvalue weighted by atomic mass is 10.2. The molecular formula is C10H10IN5. The minimum Gasteiger partial charge on any atom is -0.382 e. The van der Waals surface area contributed by atoms with E-state index >= 15 is 0 Å². The van der Waals surface area contributed by atoms with Gasteiger partial charge in [-0.15, -0.1) is 0 Å². The van der Waals surface area contributed by atoms with Crippen LogP contribution in [0.2, 0.25) is 0 Å². The Bertz CT molecular complexity index is 486. The van der Waals surface area contributed by atoms with E-state index in [1.807, 2.05) is 25.1 Å². The van der Waals surface area contributed by atoms with Gasteiger partial charge in [0.1, 0.15) is 6.07 Å². The number of nitrogens with zero attached hydrogens (tertiary/aromatic N) is 2. The average molecular weight is 327 g/mol. The molecule has 0 atom stereocenters. The van der Waals surface area contributed by atoms with Crippen LogP contribution >= 0.6 is 22.6 Å². The van der Waals surface area contributed by atoms with Gasteiger partial charge in [-0.2, -0.15) is 10.4 Å². The fourth-order valence-electron chi connectivity index (χ4n) is 0.972. The van der Waals surface area contributed by atoms with Crippen LogP contribution < -0.4 is 11.2 Å². The van der Waals surface area contributed by atoms with Crippen molar-refractivity contribution in [2.45, 2.75) is 6.92 Å². The van der Waals surface area contributed by atoms with E-state index in [-0.39, 0.29) is 11.5 Å². The number of benzene rings is 1. The van der Waals surface area contributed by atoms with Crippen molar-refractivity contribution in [2.75, 3.05) is 5.43 Å². The van der Waals surface area contributed by atoms with Gasteiger partial charge >= 0.3 is 0 Å². The molecule has 82 valence electrons. The first-order valence-corrected chi connectivity index (χ1v) is 5.47. The van der Waals surface area contributed by atoms with Crippen LogP contribution in [-0.2, 0) is 0 Å². The van der Waals surface area contributed by atoms with Gasteiger partial charge < -0.3 is 5.73 Å². The molecule has 0 aromatic heterocycles. The Morgan fingerprint density at radius 1 is 1.62 bits per heavy atom. The molecule has 0 fully saturated rings. The smallest absolute Gasteiger partial charge is 0.201 e. The summed E-state index contributed by atoms with van der Waals surface area (Å²) in [4.78, 5) is 0. The average Bonchev–Trinajstić information content (AvgIpc) is 2.21. The van der Waals surface area contributed by atoms with Gasteiger partial charge in [-0.1, -0.05) is 6.07 Å². The summed E-state index contributed by atoms with van der Waals surface area (Å²) in [5, 5.41) is 19.5. The molecule has 0 heterocycles. The number of amidine groups is 1. The van der Waals surface area contributed by atoms with Crippen molar-refractivity contribution in [1.29, 1.82) is 10.7 Å². The third kappa shape index (κ3) is 3.20. The molecule has 0 saturated heterocycles. The summed E-state index contributed by atoms with van der Waals surface area (Å²) in [7, 11) is 0. The van der Waals surface area contributed by atoms with Crippen LogP contribution in [0.15, 0.2) is 23.3 Å². The summed E-state index contributed by atoms with van der Waals surface area (Å²) < 4.78 is 0.988. The zero-order valence-electron chi connectivity index (χ0n) is 8.58. The number of hydrazone groups is 1. The van der Waals surface area contributed by atoms with E-state index < -0.39 is 0 Å². The van der Waals surface area contributed by atoms with Crippen molar-refractivity contribution in [2.24, 2.45) is 10.8 Å². The quantitative estimate of drug-likeness (QED) is 0.342. The normalized spacial score (nSPS) is 10.7. The lowest BCUT2D eigenvalue weighted by Crippen LogP contribution is -2.21. The van der Waals surface area contributed by atoms with E-state index in [0.29, 0.717) is 0 Å². The first-order valence-electron chi connectivity index (χ1n) is 4.39. The number of halogens is 1. The second-order valence-corrected chi connectivity index (χ2v) is 4.24. The van der Waals surface area contributed by atoms with Crippen LogP contribution in [0.1, 0.15) is 5.56 Å². The molecule has 0 saturated carbocycles. The molecule has 0 bridgehead atoms. The number of hydrogen-bond acceptors (Lipinski definition) is 4. The predicted octanol–water partition coefficient (Wildman–Crippen LogP) is 1.83. The van der Waals surface area contributed by atoms with Gasteiger partial charge in [-0.25, -0.2) is 0 Å². The van der Waals surface area contributed by atoms with Crippen molar-refractivity contribution in [3.63, 3.8) is 0 Å². The lowest BCUT2D eigenvalue weighted by Gasteiger charge is -2.04. The van der Waals surface area contributed by atoms with Crippen molar-refractivity contribution >= 4 is 39.8 Å². The summed E-state index contributed by atoms with van der Waals surface area (Å²) in [6, 6.07) is 7.51. The van der Waals surface area contributed by atoms with Crippen molar-refractivity contribution in [3.05, 3.63) is 27.3 Å². The molecule has 0 aliphatic rings. The van der Waals surface area contributed by atoms with Gasteiger partial charge in [0, 0.05) is 3.57 Å². The zero-order valence-corrected chi connectivity index (χ0v) is 10.7. The van der Waals surface area contributed by atoms with Gasteiger partial charge in [0.05, 0.1) is 5.69 Å². The highest BCUT2D eigenvalue weighted by Crippen LogP contribution is 2.19. The molecule has 0 radical (unpaired) electrons. The topological polar surface area (TPSA) is 98.0 Å². The minimum absolute atomic E-state index is 0.128. The molecule has 0 aliphatic heterocycles. The van der Waals surface area contributed by atoms with E-state index in [1.165, 1.54) is 0 Å². The van der Waals surface area contributed by atoms with Crippen molar-refractivity contribution in [3.8, 4) is 6.07 Å². The Morgan fingerprint density at radius 3 is 2.81 bits per heavy atom. The first-order chi connectivity index (χ1) is 7.54. The van der Waals surface area contributed by atoms with Crippen LogP contribution in [0.5, 0.6) is 0 Å². The Kier molecular flexibility index (Phi) is 4.25. The monoisotopic (exact) mass is 327 g/mol. The van der Waals surface area contributed by atoms with Crippen LogP contribution in [-0.4, -0.2) is 11.5 Å². The van der Waals surface area contributed by atoms with E-state index in [0.717, 1.165) is 14.8 Å². The van der Waals surface area contributed by atoms with Crippen LogP contribution in [0.4, 0.5) is 5.69 Å². The third-order valence-corrected chi connectivity index (χ3v) is 2.67. The number of anilines is 1. The van der Waals surface area contributed by atoms with Crippen LogP contribution in [0.25, 0.3) is 0 Å². The number of hydrogen-bond donors (Lipinski definition) is 3. The van der Waals surface area contributed by atoms with E-state index in [9.17, 15) is 0 Å². The van der Waals surface area contributed by atoms with Gasteiger partial charge in [0.2, 0.25) is 5.71 Å². The zero-order chi connectivity index (χ0) is 12.1. The maximum Gasteiger partial charge on any atom is 0.201 e. The number of rotatable bonds is 3. The van der Waals surface area contributed by atoms with Crippen LogP contribution in [0.3, 0.4) is 0 Å². The third-order valence-electron chi connectivity index (χ3n) is 1.77. The number of nitriles is 1. The fourth-order valence-corrected chi connectivity index (χ4v) is 1.76. The summed E-state index contributed by atoms with van der Waals surface area (Å²) in [6.07, 6.45) is 0. The number of aryl methyl sites for hydroxylation is 1. The second kappa shape index (κ2) is 5.46. The number of nitrogens with one attached hydrogen (secondary N) is 2. The van der Waals surface area contributed by atoms with Crippen LogP contribution in [0, 0.1) is 27.2 Å². The number of nitrogens with two attached hydrogens (primary N) is 1. The highest BCUT2D eigenvalue weighted by Gasteiger charge is 2.02. The molecule has 1 rings (SSSR count). The Balaban J connectivity index is 2.90. The first kappa shape index (κ1) is 12.4. The summed E-state index contributed by atoms with van der Waals surface area (Å²) in [5.74, 6) is -0.350. The highest BCUT2D eigenvalue weighted by atomic mass is 127. The molecule has 0 spiro atoms. The van der Waals surface area contributed by atoms with Gasteiger partial charge in [0.25, 0.3) is 0 Å². The second-order valence-electron chi connectivity index (χ2n) is 3.08. The maximum atomic E-state index is 8.64. The predicted molar refractivity (Wildman–Crippen MR) is 72.5 cm³/mol. The minimum atomic E-state index is -0.350. The molecule has 4 N–H and O–H groups in total. The summed E-state index contributed by atoms with van der Waals surface area (Å²) >= 11 is 2.16. The fraction of sp³-hybridized carbons (Fsp3) is 0.100. The SMILES string of the molecule is Cc1ccc(N/N=C(\C#N)C(=N)N)c(I)c1. The van der Waals surface area contributed by atoms with E-state index in [2.05, 4.69) is 33.1 Å². The molecule has 0 unspecified atom stereocenters. The Morgan fingerprint density at radius 2 is 2.31 bits per heavy atom. The molecule has 5 nitrogen and oxygen atoms in total. The molecule has 0 aliphatic carbocycles. The molecule has 16 heavy (non-hydrogen) atoms. The maximum absolute atomic E-state index is 8.64. The standard InChI is InChI=1S/C10H10IN5/c1-6-2-3-8(7(11)4-6)15-16-9(5-12)10(13)14/h2-4,15H,1H3,(H3,13,14)/b16-9+. The van der Waals surface area contributed by atoms with Gasteiger partial charge in [-0.05, 0) is 47.2 Å². The Labute approximate surface area is 107 Å². The van der Waals surface area contributed by atoms with E-state index in [4.69, 9.17) is 16.4 Å². The highest BCUT2D eigenvalue weighted by molar-refractivity contribution is 14.1. The molecular weight excluding hydrogens is 317 g/mol. The molecule has 1 aromatic rings. The molecule has 1 aromatic carbocycles. The van der Waals surface area contributed by atoms with Gasteiger partial charge in [-0.3, -0.25) is 10.8 Å². The van der Waals surface area contributed by atoms with Crippen molar-refractivity contribution in [1.82, 2.24) is 0 Å². The molecule has 0 amide bonds.